The lowest BCUT2D eigenvalue weighted by molar-refractivity contribution is 0.415. The Bertz CT molecular complexity index is 902. The zero-order valence-corrected chi connectivity index (χ0v) is 13.2. The van der Waals surface area contributed by atoms with Gasteiger partial charge in [0.15, 0.2) is 15.1 Å². The molecule has 0 radical (unpaired) electrons. The van der Waals surface area contributed by atoms with E-state index in [2.05, 4.69) is 9.71 Å². The number of imidazole rings is 1. The van der Waals surface area contributed by atoms with Gasteiger partial charge in [-0.2, -0.15) is 8.42 Å². The van der Waals surface area contributed by atoms with Crippen LogP contribution in [-0.2, 0) is 10.0 Å². The molecule has 0 fully saturated rings. The van der Waals surface area contributed by atoms with Gasteiger partial charge in [-0.05, 0) is 12.1 Å². The van der Waals surface area contributed by atoms with Crippen molar-refractivity contribution in [3.05, 3.63) is 41.0 Å². The minimum Gasteiger partial charge on any atom is -0.497 e. The maximum Gasteiger partial charge on any atom is 0.281 e. The van der Waals surface area contributed by atoms with Crippen molar-refractivity contribution in [3.8, 4) is 5.75 Å². The average molecular weight is 344 g/mol. The number of halogens is 1. The molecule has 21 heavy (non-hydrogen) atoms. The minimum atomic E-state index is -3.85. The van der Waals surface area contributed by atoms with E-state index < -0.39 is 10.0 Å². The summed E-state index contributed by atoms with van der Waals surface area (Å²) in [6.45, 7) is 0. The SMILES string of the molecule is COc1cccc(NS(=O)(=O)c2c(Cl)nc3sccn23)c1. The van der Waals surface area contributed by atoms with Crippen molar-refractivity contribution in [2.45, 2.75) is 5.03 Å². The molecule has 0 aliphatic carbocycles. The number of benzene rings is 1. The van der Waals surface area contributed by atoms with E-state index in [0.717, 1.165) is 0 Å². The maximum atomic E-state index is 12.5. The first kappa shape index (κ1) is 14.2. The maximum absolute atomic E-state index is 12.5. The van der Waals surface area contributed by atoms with Crippen molar-refractivity contribution in [1.29, 1.82) is 0 Å². The Morgan fingerprint density at radius 2 is 2.24 bits per heavy atom. The van der Waals surface area contributed by atoms with Crippen LogP contribution in [0, 0.1) is 0 Å². The van der Waals surface area contributed by atoms with Gasteiger partial charge in [0.2, 0.25) is 0 Å². The molecule has 0 spiro atoms. The summed E-state index contributed by atoms with van der Waals surface area (Å²) in [5.41, 5.74) is 0.385. The molecule has 0 atom stereocenters. The third-order valence-electron chi connectivity index (χ3n) is 2.76. The fourth-order valence-electron chi connectivity index (χ4n) is 1.87. The van der Waals surface area contributed by atoms with Gasteiger partial charge in [0, 0.05) is 17.6 Å². The van der Waals surface area contributed by atoms with Crippen LogP contribution in [0.4, 0.5) is 5.69 Å². The molecule has 110 valence electrons. The molecule has 0 aliphatic rings. The van der Waals surface area contributed by atoms with E-state index in [-0.39, 0.29) is 10.2 Å². The van der Waals surface area contributed by atoms with E-state index in [0.29, 0.717) is 16.4 Å². The van der Waals surface area contributed by atoms with Crippen LogP contribution in [0.25, 0.3) is 4.96 Å². The van der Waals surface area contributed by atoms with E-state index >= 15 is 0 Å². The first-order valence-corrected chi connectivity index (χ1v) is 8.53. The Morgan fingerprint density at radius 3 is 3.00 bits per heavy atom. The quantitative estimate of drug-likeness (QED) is 0.790. The Hall–Kier alpha value is -1.77. The number of aromatic nitrogens is 2. The summed E-state index contributed by atoms with van der Waals surface area (Å²) in [5, 5.41) is 1.60. The van der Waals surface area contributed by atoms with Gasteiger partial charge in [0.25, 0.3) is 10.0 Å². The van der Waals surface area contributed by atoms with Crippen LogP contribution < -0.4 is 9.46 Å². The Morgan fingerprint density at radius 1 is 1.43 bits per heavy atom. The lowest BCUT2D eigenvalue weighted by atomic mass is 10.3. The first-order valence-electron chi connectivity index (χ1n) is 5.79. The van der Waals surface area contributed by atoms with Gasteiger partial charge in [-0.3, -0.25) is 9.12 Å². The zero-order valence-electron chi connectivity index (χ0n) is 10.8. The average Bonchev–Trinajstić information content (AvgIpc) is 2.97. The molecule has 0 unspecified atom stereocenters. The molecule has 6 nitrogen and oxygen atoms in total. The second-order valence-corrected chi connectivity index (χ2v) is 6.93. The first-order chi connectivity index (χ1) is 10.0. The molecule has 3 rings (SSSR count). The van der Waals surface area contributed by atoms with Crippen LogP contribution in [0.5, 0.6) is 5.75 Å². The van der Waals surface area contributed by atoms with Crippen molar-refractivity contribution < 1.29 is 13.2 Å². The number of fused-ring (bicyclic) bond motifs is 1. The predicted octanol–water partition coefficient (Wildman–Crippen LogP) is 2.86. The van der Waals surface area contributed by atoms with Crippen LogP contribution >= 0.6 is 22.9 Å². The monoisotopic (exact) mass is 343 g/mol. The summed E-state index contributed by atoms with van der Waals surface area (Å²) in [5.74, 6) is 0.551. The molecule has 0 aliphatic heterocycles. The summed E-state index contributed by atoms with van der Waals surface area (Å²) < 4.78 is 34.0. The van der Waals surface area contributed by atoms with E-state index in [4.69, 9.17) is 16.3 Å². The number of ether oxygens (including phenoxy) is 1. The second-order valence-electron chi connectivity index (χ2n) is 4.10. The van der Waals surface area contributed by atoms with Crippen molar-refractivity contribution in [1.82, 2.24) is 9.38 Å². The molecule has 2 heterocycles. The summed E-state index contributed by atoms with van der Waals surface area (Å²) in [7, 11) is -2.34. The molecule has 1 aromatic carbocycles. The van der Waals surface area contributed by atoms with Crippen LogP contribution in [0.3, 0.4) is 0 Å². The fraction of sp³-hybridized carbons (Fsp3) is 0.0833. The lowest BCUT2D eigenvalue weighted by Crippen LogP contribution is -2.15. The number of nitrogens with one attached hydrogen (secondary N) is 1. The minimum absolute atomic E-state index is 0.0581. The van der Waals surface area contributed by atoms with Crippen LogP contribution in [0.1, 0.15) is 0 Å². The standard InChI is InChI=1S/C12H10ClN3O3S2/c1-19-9-4-2-3-8(7-9)15-21(17,18)11-10(13)14-12-16(11)5-6-20-12/h2-7,15H,1H3. The number of thiazole rings is 1. The number of methoxy groups -OCH3 is 1. The third-order valence-corrected chi connectivity index (χ3v) is 5.29. The lowest BCUT2D eigenvalue weighted by Gasteiger charge is -2.08. The summed E-state index contributed by atoms with van der Waals surface area (Å²) in [6.07, 6.45) is 1.61. The molecule has 9 heteroatoms. The molecule has 0 amide bonds. The van der Waals surface area contributed by atoms with Gasteiger partial charge in [0.1, 0.15) is 5.75 Å². The molecule has 0 saturated carbocycles. The van der Waals surface area contributed by atoms with Gasteiger partial charge < -0.3 is 4.74 Å². The highest BCUT2D eigenvalue weighted by molar-refractivity contribution is 7.92. The molecular weight excluding hydrogens is 334 g/mol. The predicted molar refractivity (Wildman–Crippen MR) is 81.9 cm³/mol. The van der Waals surface area contributed by atoms with Gasteiger partial charge in [-0.1, -0.05) is 17.7 Å². The number of hydrogen-bond donors (Lipinski definition) is 1. The number of nitrogens with zero attached hydrogens (tertiary/aromatic N) is 2. The molecule has 0 saturated heterocycles. The largest absolute Gasteiger partial charge is 0.497 e. The van der Waals surface area contributed by atoms with E-state index in [1.165, 1.54) is 22.8 Å². The van der Waals surface area contributed by atoms with Crippen molar-refractivity contribution in [2.24, 2.45) is 0 Å². The molecule has 3 aromatic rings. The zero-order chi connectivity index (χ0) is 15.0. The number of anilines is 1. The van der Waals surface area contributed by atoms with Gasteiger partial charge in [-0.25, -0.2) is 4.98 Å². The second kappa shape index (κ2) is 5.21. The van der Waals surface area contributed by atoms with Crippen molar-refractivity contribution in [3.63, 3.8) is 0 Å². The van der Waals surface area contributed by atoms with Gasteiger partial charge in [0.05, 0.1) is 12.8 Å². The van der Waals surface area contributed by atoms with Gasteiger partial charge >= 0.3 is 0 Å². The summed E-state index contributed by atoms with van der Waals surface area (Å²) in [6, 6.07) is 6.62. The van der Waals surface area contributed by atoms with Crippen molar-refractivity contribution in [2.75, 3.05) is 11.8 Å². The highest BCUT2D eigenvalue weighted by atomic mass is 35.5. The van der Waals surface area contributed by atoms with E-state index in [9.17, 15) is 8.42 Å². The van der Waals surface area contributed by atoms with Gasteiger partial charge in [-0.15, -0.1) is 11.3 Å². The number of rotatable bonds is 4. The molecule has 2 aromatic heterocycles. The fourth-order valence-corrected chi connectivity index (χ4v) is 4.37. The topological polar surface area (TPSA) is 72.7 Å². The Balaban J connectivity index is 2.04. The highest BCUT2D eigenvalue weighted by Crippen LogP contribution is 2.27. The summed E-state index contributed by atoms with van der Waals surface area (Å²) >= 11 is 7.26. The van der Waals surface area contributed by atoms with Crippen molar-refractivity contribution >= 4 is 43.6 Å². The van der Waals surface area contributed by atoms with Crippen LogP contribution in [-0.4, -0.2) is 24.9 Å². The highest BCUT2D eigenvalue weighted by Gasteiger charge is 2.25. The number of sulfonamides is 1. The Labute approximate surface area is 130 Å². The third kappa shape index (κ3) is 2.57. The van der Waals surface area contributed by atoms with Crippen LogP contribution in [0.15, 0.2) is 40.9 Å². The molecular formula is C12H10ClN3O3S2. The summed E-state index contributed by atoms with van der Waals surface area (Å²) in [4.78, 5) is 4.54. The smallest absolute Gasteiger partial charge is 0.281 e. The molecule has 0 bridgehead atoms. The van der Waals surface area contributed by atoms with E-state index in [1.807, 2.05) is 0 Å². The Kier molecular flexibility index (Phi) is 3.52. The number of hydrogen-bond acceptors (Lipinski definition) is 5. The normalized spacial score (nSPS) is 11.7. The van der Waals surface area contributed by atoms with E-state index in [1.54, 1.807) is 35.8 Å². The molecule has 1 N–H and O–H groups in total. The van der Waals surface area contributed by atoms with Crippen LogP contribution in [0.2, 0.25) is 5.15 Å².